The average Bonchev–Trinajstić information content (AvgIpc) is 2.80. The molecule has 0 unspecified atom stereocenters. The summed E-state index contributed by atoms with van der Waals surface area (Å²) in [5, 5.41) is 13.6. The van der Waals surface area contributed by atoms with Gasteiger partial charge in [-0.1, -0.05) is 5.16 Å². The van der Waals surface area contributed by atoms with Gasteiger partial charge in [0.05, 0.1) is 0 Å². The molecule has 0 saturated heterocycles. The first-order chi connectivity index (χ1) is 8.93. The number of nitrogens with zero attached hydrogens (tertiary/aromatic N) is 4. The van der Waals surface area contributed by atoms with Crippen molar-refractivity contribution in [3.8, 4) is 5.88 Å². The summed E-state index contributed by atoms with van der Waals surface area (Å²) in [6.45, 7) is 1.77. The Balaban J connectivity index is 2.59. The molecule has 7 nitrogen and oxygen atoms in total. The number of rotatable bonds is 2. The first-order valence-electron chi connectivity index (χ1n) is 5.37. The third-order valence-electron chi connectivity index (χ3n) is 2.70. The summed E-state index contributed by atoms with van der Waals surface area (Å²) in [7, 11) is 3.10. The number of aromatic hydroxyl groups is 1. The lowest BCUT2D eigenvalue weighted by Gasteiger charge is -2.08. The van der Waals surface area contributed by atoms with Gasteiger partial charge in [0.25, 0.3) is 5.56 Å². The van der Waals surface area contributed by atoms with Crippen LogP contribution in [0, 0.1) is 11.7 Å². The highest BCUT2D eigenvalue weighted by atomic mass is 32.1. The Bertz CT molecular complexity index is 769. The minimum atomic E-state index is -0.425. The molecule has 0 aromatic carbocycles. The van der Waals surface area contributed by atoms with Crippen molar-refractivity contribution in [2.45, 2.75) is 6.92 Å². The minimum Gasteiger partial charge on any atom is -0.494 e. The summed E-state index contributed by atoms with van der Waals surface area (Å²) in [6, 6.07) is 0. The molecule has 0 aliphatic rings. The van der Waals surface area contributed by atoms with Crippen LogP contribution in [0.3, 0.4) is 0 Å². The number of aryl methyl sites for hydroxylation is 1. The van der Waals surface area contributed by atoms with Crippen molar-refractivity contribution in [1.29, 1.82) is 0 Å². The maximum Gasteiger partial charge on any atom is 0.266 e. The van der Waals surface area contributed by atoms with Crippen LogP contribution in [0.5, 0.6) is 5.88 Å². The fourth-order valence-corrected chi connectivity index (χ4v) is 1.67. The Labute approximate surface area is 113 Å². The van der Waals surface area contributed by atoms with Crippen LogP contribution in [0.4, 0.5) is 5.82 Å². The van der Waals surface area contributed by atoms with E-state index in [1.807, 2.05) is 0 Å². The highest BCUT2D eigenvalue weighted by Crippen LogP contribution is 2.16. The second kappa shape index (κ2) is 4.81. The molecule has 19 heavy (non-hydrogen) atoms. The molecule has 0 spiro atoms. The van der Waals surface area contributed by atoms with Gasteiger partial charge >= 0.3 is 0 Å². The van der Waals surface area contributed by atoms with E-state index in [2.05, 4.69) is 10.1 Å². The van der Waals surface area contributed by atoms with Gasteiger partial charge in [0.2, 0.25) is 5.88 Å². The monoisotopic (exact) mass is 280 g/mol. The second-order valence-electron chi connectivity index (χ2n) is 4.02. The Morgan fingerprint density at radius 2 is 2.16 bits per heavy atom. The van der Waals surface area contributed by atoms with E-state index >= 15 is 0 Å². The molecule has 2 aromatic rings. The molecule has 0 aliphatic heterocycles. The van der Waals surface area contributed by atoms with Crippen LogP contribution in [-0.2, 0) is 14.1 Å². The molecule has 0 amide bonds. The molecule has 0 fully saturated rings. The van der Waals surface area contributed by atoms with Crippen LogP contribution in [0.1, 0.15) is 11.1 Å². The largest absolute Gasteiger partial charge is 0.494 e. The van der Waals surface area contributed by atoms with E-state index in [4.69, 9.17) is 16.7 Å². The van der Waals surface area contributed by atoms with Gasteiger partial charge in [0.1, 0.15) is 11.8 Å². The molecule has 2 rings (SSSR count). The van der Waals surface area contributed by atoms with Crippen molar-refractivity contribution >= 4 is 24.3 Å². The molecule has 1 N–H and O–H groups in total. The van der Waals surface area contributed by atoms with Gasteiger partial charge in [0.15, 0.2) is 10.6 Å². The Morgan fingerprint density at radius 1 is 1.47 bits per heavy atom. The van der Waals surface area contributed by atoms with Crippen LogP contribution >= 0.6 is 12.2 Å². The van der Waals surface area contributed by atoms with Gasteiger partial charge < -0.3 is 9.63 Å². The molecule has 0 atom stereocenters. The van der Waals surface area contributed by atoms with Gasteiger partial charge in [-0.2, -0.15) is 0 Å². The van der Waals surface area contributed by atoms with Gasteiger partial charge in [-0.3, -0.25) is 13.9 Å². The molecular weight excluding hydrogens is 268 g/mol. The van der Waals surface area contributed by atoms with Crippen molar-refractivity contribution in [1.82, 2.24) is 14.3 Å². The van der Waals surface area contributed by atoms with Gasteiger partial charge in [-0.05, 0) is 19.1 Å². The van der Waals surface area contributed by atoms with E-state index in [0.29, 0.717) is 5.82 Å². The average molecular weight is 280 g/mol. The smallest absolute Gasteiger partial charge is 0.266 e. The van der Waals surface area contributed by atoms with E-state index in [0.717, 1.165) is 5.56 Å². The highest BCUT2D eigenvalue weighted by Gasteiger charge is 2.11. The standard InChI is InChI=1S/C11H12N4O3S/c1-6-5-18-13-8(6)12-4-7-9(16)14(2)11(19)15(3)10(7)17/h4-5,16H,1-3H3. The van der Waals surface area contributed by atoms with Crippen molar-refractivity contribution in [2.75, 3.05) is 0 Å². The molecule has 100 valence electrons. The lowest BCUT2D eigenvalue weighted by Crippen LogP contribution is -2.25. The lowest BCUT2D eigenvalue weighted by molar-refractivity contribution is 0.414. The van der Waals surface area contributed by atoms with E-state index < -0.39 is 5.56 Å². The summed E-state index contributed by atoms with van der Waals surface area (Å²) in [4.78, 5) is 16.0. The summed E-state index contributed by atoms with van der Waals surface area (Å²) in [5.74, 6) is 0.115. The van der Waals surface area contributed by atoms with Crippen molar-refractivity contribution < 1.29 is 9.63 Å². The zero-order valence-electron chi connectivity index (χ0n) is 10.6. The lowest BCUT2D eigenvalue weighted by atomic mass is 10.3. The van der Waals surface area contributed by atoms with Crippen molar-refractivity contribution in [3.05, 3.63) is 32.5 Å². The van der Waals surface area contributed by atoms with E-state index in [9.17, 15) is 9.90 Å². The van der Waals surface area contributed by atoms with Crippen LogP contribution in [0.2, 0.25) is 0 Å². The maximum atomic E-state index is 12.0. The topological polar surface area (TPSA) is 85.6 Å². The summed E-state index contributed by atoms with van der Waals surface area (Å²) in [6.07, 6.45) is 2.69. The zero-order valence-corrected chi connectivity index (χ0v) is 11.4. The van der Waals surface area contributed by atoms with Crippen LogP contribution < -0.4 is 5.56 Å². The van der Waals surface area contributed by atoms with E-state index in [1.54, 1.807) is 14.0 Å². The summed E-state index contributed by atoms with van der Waals surface area (Å²) in [5.41, 5.74) is 0.350. The quantitative estimate of drug-likeness (QED) is 0.660. The SMILES string of the molecule is Cc1conc1N=Cc1c(O)n(C)c(=S)n(C)c1=O. The number of aromatic nitrogens is 3. The fraction of sp³-hybridized carbons (Fsp3) is 0.273. The minimum absolute atomic E-state index is 0.0426. The normalized spacial score (nSPS) is 11.3. The van der Waals surface area contributed by atoms with Crippen molar-refractivity contribution in [2.24, 2.45) is 19.1 Å². The molecule has 0 saturated carbocycles. The number of aliphatic imine (C=N–C) groups is 1. The summed E-state index contributed by atoms with van der Waals surface area (Å²) < 4.78 is 7.53. The first-order valence-corrected chi connectivity index (χ1v) is 5.78. The van der Waals surface area contributed by atoms with Crippen LogP contribution in [0.15, 0.2) is 20.6 Å². The maximum absolute atomic E-state index is 12.0. The fourth-order valence-electron chi connectivity index (χ4n) is 1.50. The summed E-state index contributed by atoms with van der Waals surface area (Å²) >= 11 is 5.01. The van der Waals surface area contributed by atoms with Crippen LogP contribution in [-0.4, -0.2) is 25.6 Å². The zero-order chi connectivity index (χ0) is 14.2. The molecule has 0 bridgehead atoms. The van der Waals surface area contributed by atoms with E-state index in [1.165, 1.54) is 28.7 Å². The van der Waals surface area contributed by atoms with E-state index in [-0.39, 0.29) is 16.2 Å². The number of hydrogen-bond acceptors (Lipinski definition) is 6. The molecule has 0 aliphatic carbocycles. The molecule has 8 heteroatoms. The molecule has 0 radical (unpaired) electrons. The predicted octanol–water partition coefficient (Wildman–Crippen LogP) is 1.21. The first kappa shape index (κ1) is 13.2. The van der Waals surface area contributed by atoms with Gasteiger partial charge in [-0.25, -0.2) is 4.99 Å². The van der Waals surface area contributed by atoms with Crippen LogP contribution in [0.25, 0.3) is 0 Å². The second-order valence-corrected chi connectivity index (χ2v) is 4.39. The molecule has 2 heterocycles. The highest BCUT2D eigenvalue weighted by molar-refractivity contribution is 7.71. The number of hydrogen-bond donors (Lipinski definition) is 1. The molecular formula is C11H12N4O3S. The Kier molecular flexibility index (Phi) is 3.34. The van der Waals surface area contributed by atoms with Gasteiger partial charge in [-0.15, -0.1) is 0 Å². The predicted molar refractivity (Wildman–Crippen MR) is 71.6 cm³/mol. The Morgan fingerprint density at radius 3 is 2.74 bits per heavy atom. The third-order valence-corrected chi connectivity index (χ3v) is 3.25. The molecule has 2 aromatic heterocycles. The van der Waals surface area contributed by atoms with Gasteiger partial charge in [0, 0.05) is 25.9 Å². The Hall–Kier alpha value is -2.22. The van der Waals surface area contributed by atoms with Crippen molar-refractivity contribution in [3.63, 3.8) is 0 Å². The third kappa shape index (κ3) is 2.22.